The van der Waals surface area contributed by atoms with Crippen LogP contribution in [0, 0.1) is 0 Å². The van der Waals surface area contributed by atoms with Gasteiger partial charge < -0.3 is 10.6 Å². The van der Waals surface area contributed by atoms with Gasteiger partial charge in [0.05, 0.1) is 5.69 Å². The lowest BCUT2D eigenvalue weighted by atomic mass is 10.1. The third-order valence-electron chi connectivity index (χ3n) is 2.60. The van der Waals surface area contributed by atoms with Crippen LogP contribution in [0.3, 0.4) is 0 Å². The van der Waals surface area contributed by atoms with Gasteiger partial charge in [-0.2, -0.15) is 0 Å². The van der Waals surface area contributed by atoms with E-state index >= 15 is 0 Å². The molecule has 0 spiro atoms. The van der Waals surface area contributed by atoms with Crippen LogP contribution < -0.4 is 10.6 Å². The first-order chi connectivity index (χ1) is 7.16. The highest BCUT2D eigenvalue weighted by atomic mass is 35.5. The van der Waals surface area contributed by atoms with Gasteiger partial charge in [-0.1, -0.05) is 11.6 Å². The Morgan fingerprint density at radius 1 is 1.40 bits per heavy atom. The van der Waals surface area contributed by atoms with Crippen molar-refractivity contribution < 1.29 is 4.39 Å². The number of halogens is 2. The Bertz CT molecular complexity index is 351. The van der Waals surface area contributed by atoms with E-state index in [0.29, 0.717) is 42.6 Å². The minimum Gasteiger partial charge on any atom is -0.396 e. The van der Waals surface area contributed by atoms with Gasteiger partial charge in [-0.3, -0.25) is 0 Å². The molecule has 0 amide bonds. The number of anilines is 2. The average Bonchev–Trinajstić information content (AvgIpc) is 2.23. The van der Waals surface area contributed by atoms with Crippen molar-refractivity contribution in [3.63, 3.8) is 0 Å². The van der Waals surface area contributed by atoms with Crippen LogP contribution in [0.2, 0.25) is 5.15 Å². The topological polar surface area (TPSA) is 42.1 Å². The van der Waals surface area contributed by atoms with E-state index in [9.17, 15) is 4.39 Å². The Hall–Kier alpha value is -1.03. The second kappa shape index (κ2) is 4.23. The molecule has 5 heteroatoms. The fourth-order valence-corrected chi connectivity index (χ4v) is 1.89. The van der Waals surface area contributed by atoms with E-state index in [1.165, 1.54) is 0 Å². The van der Waals surface area contributed by atoms with Crippen LogP contribution in [0.4, 0.5) is 15.9 Å². The Labute approximate surface area is 93.0 Å². The number of hydrogen-bond acceptors (Lipinski definition) is 3. The molecule has 0 saturated carbocycles. The van der Waals surface area contributed by atoms with Gasteiger partial charge in [-0.15, -0.1) is 0 Å². The fourth-order valence-electron chi connectivity index (χ4n) is 1.75. The summed E-state index contributed by atoms with van der Waals surface area (Å²) in [4.78, 5) is 6.15. The molecule has 1 aromatic rings. The number of rotatable bonds is 1. The maximum Gasteiger partial charge on any atom is 0.153 e. The zero-order valence-electron chi connectivity index (χ0n) is 8.29. The predicted octanol–water partition coefficient (Wildman–Crippen LogP) is 2.26. The summed E-state index contributed by atoms with van der Waals surface area (Å²) in [6.45, 7) is 1.30. The van der Waals surface area contributed by atoms with E-state index in [-0.39, 0.29) is 0 Å². The zero-order valence-corrected chi connectivity index (χ0v) is 9.04. The van der Waals surface area contributed by atoms with E-state index in [2.05, 4.69) is 4.98 Å². The van der Waals surface area contributed by atoms with Gasteiger partial charge in [0.2, 0.25) is 0 Å². The van der Waals surface area contributed by atoms with Crippen molar-refractivity contribution in [3.05, 3.63) is 17.3 Å². The molecule has 2 rings (SSSR count). The first-order valence-corrected chi connectivity index (χ1v) is 5.35. The summed E-state index contributed by atoms with van der Waals surface area (Å²) in [5.41, 5.74) is 6.39. The molecule has 0 unspecified atom stereocenters. The number of nitrogens with two attached hydrogens (primary N) is 1. The molecule has 15 heavy (non-hydrogen) atoms. The van der Waals surface area contributed by atoms with Crippen LogP contribution in [-0.2, 0) is 0 Å². The number of nitrogen functional groups attached to an aromatic ring is 1. The number of alkyl halides is 1. The molecule has 1 aromatic heterocycles. The minimum atomic E-state index is -0.693. The van der Waals surface area contributed by atoms with Gasteiger partial charge in [0, 0.05) is 13.1 Å². The standard InChI is InChI=1S/C10H13ClFN3/c11-9-2-1-8(13)10(14-9)15-5-3-7(12)4-6-15/h1-2,7H,3-6,13H2. The maximum absolute atomic E-state index is 12.9. The largest absolute Gasteiger partial charge is 0.396 e. The summed E-state index contributed by atoms with van der Waals surface area (Å²) >= 11 is 5.80. The third-order valence-corrected chi connectivity index (χ3v) is 2.81. The summed E-state index contributed by atoms with van der Waals surface area (Å²) in [6, 6.07) is 3.38. The van der Waals surface area contributed by atoms with Gasteiger partial charge in [-0.25, -0.2) is 9.37 Å². The molecule has 3 nitrogen and oxygen atoms in total. The Balaban J connectivity index is 2.18. The average molecular weight is 230 g/mol. The van der Waals surface area contributed by atoms with Crippen molar-refractivity contribution in [2.45, 2.75) is 19.0 Å². The Morgan fingerprint density at radius 2 is 2.07 bits per heavy atom. The second-order valence-electron chi connectivity index (χ2n) is 3.71. The van der Waals surface area contributed by atoms with Crippen molar-refractivity contribution in [3.8, 4) is 0 Å². The highest BCUT2D eigenvalue weighted by Crippen LogP contribution is 2.26. The Kier molecular flexibility index (Phi) is 2.95. The lowest BCUT2D eigenvalue weighted by Gasteiger charge is -2.30. The molecule has 0 bridgehead atoms. The summed E-state index contributed by atoms with van der Waals surface area (Å²) < 4.78 is 12.9. The van der Waals surface area contributed by atoms with Gasteiger partial charge in [-0.05, 0) is 25.0 Å². The fraction of sp³-hybridized carbons (Fsp3) is 0.500. The summed E-state index contributed by atoms with van der Waals surface area (Å²) in [7, 11) is 0. The van der Waals surface area contributed by atoms with E-state index in [4.69, 9.17) is 17.3 Å². The van der Waals surface area contributed by atoms with Crippen LogP contribution in [-0.4, -0.2) is 24.2 Å². The smallest absolute Gasteiger partial charge is 0.153 e. The van der Waals surface area contributed by atoms with Crippen LogP contribution >= 0.6 is 11.6 Å². The number of hydrogen-bond donors (Lipinski definition) is 1. The van der Waals surface area contributed by atoms with Gasteiger partial charge in [0.25, 0.3) is 0 Å². The quantitative estimate of drug-likeness (QED) is 0.752. The molecule has 82 valence electrons. The number of aromatic nitrogens is 1. The summed E-state index contributed by atoms with van der Waals surface area (Å²) in [5, 5.41) is 0.418. The molecule has 1 fully saturated rings. The second-order valence-corrected chi connectivity index (χ2v) is 4.10. The van der Waals surface area contributed by atoms with Crippen molar-refractivity contribution in [1.29, 1.82) is 0 Å². The lowest BCUT2D eigenvalue weighted by Crippen LogP contribution is -2.35. The molecule has 0 radical (unpaired) electrons. The molecule has 0 aromatic carbocycles. The van der Waals surface area contributed by atoms with E-state index in [0.717, 1.165) is 0 Å². The van der Waals surface area contributed by atoms with E-state index in [1.807, 2.05) is 4.90 Å². The first kappa shape index (κ1) is 10.5. The molecule has 1 aliphatic rings. The normalized spacial score (nSPS) is 18.1. The summed E-state index contributed by atoms with van der Waals surface area (Å²) in [6.07, 6.45) is 0.378. The zero-order chi connectivity index (χ0) is 10.8. The minimum absolute atomic E-state index is 0.418. The number of pyridine rings is 1. The van der Waals surface area contributed by atoms with E-state index < -0.39 is 6.17 Å². The molecule has 1 aliphatic heterocycles. The van der Waals surface area contributed by atoms with Crippen LogP contribution in [0.25, 0.3) is 0 Å². The Morgan fingerprint density at radius 3 is 2.73 bits per heavy atom. The maximum atomic E-state index is 12.9. The summed E-state index contributed by atoms with van der Waals surface area (Å²) in [5.74, 6) is 0.675. The lowest BCUT2D eigenvalue weighted by molar-refractivity contribution is 0.277. The van der Waals surface area contributed by atoms with Crippen LogP contribution in [0.5, 0.6) is 0 Å². The number of piperidine rings is 1. The van der Waals surface area contributed by atoms with E-state index in [1.54, 1.807) is 12.1 Å². The van der Waals surface area contributed by atoms with Gasteiger partial charge in [0.15, 0.2) is 5.82 Å². The monoisotopic (exact) mass is 229 g/mol. The predicted molar refractivity (Wildman–Crippen MR) is 60.0 cm³/mol. The highest BCUT2D eigenvalue weighted by Gasteiger charge is 2.20. The van der Waals surface area contributed by atoms with Crippen molar-refractivity contribution >= 4 is 23.1 Å². The number of nitrogens with zero attached hydrogens (tertiary/aromatic N) is 2. The van der Waals surface area contributed by atoms with Crippen molar-refractivity contribution in [1.82, 2.24) is 4.98 Å². The van der Waals surface area contributed by atoms with Crippen molar-refractivity contribution in [2.75, 3.05) is 23.7 Å². The highest BCUT2D eigenvalue weighted by molar-refractivity contribution is 6.29. The molecule has 1 saturated heterocycles. The first-order valence-electron chi connectivity index (χ1n) is 4.98. The molecule has 0 aliphatic carbocycles. The van der Waals surface area contributed by atoms with Crippen LogP contribution in [0.15, 0.2) is 12.1 Å². The SMILES string of the molecule is Nc1ccc(Cl)nc1N1CCC(F)CC1. The van der Waals surface area contributed by atoms with Gasteiger partial charge >= 0.3 is 0 Å². The van der Waals surface area contributed by atoms with Crippen LogP contribution in [0.1, 0.15) is 12.8 Å². The van der Waals surface area contributed by atoms with Gasteiger partial charge in [0.1, 0.15) is 11.3 Å². The third kappa shape index (κ3) is 2.31. The van der Waals surface area contributed by atoms with Crippen molar-refractivity contribution in [2.24, 2.45) is 0 Å². The molecular weight excluding hydrogens is 217 g/mol. The molecule has 2 N–H and O–H groups in total. The molecular formula is C10H13ClFN3. The molecule has 2 heterocycles. The molecule has 0 atom stereocenters.